The number of hydrogen-bond donors (Lipinski definition) is 1. The van der Waals surface area contributed by atoms with Crippen LogP contribution in [-0.2, 0) is 11.3 Å². The van der Waals surface area contributed by atoms with Crippen molar-refractivity contribution < 1.29 is 4.74 Å². The summed E-state index contributed by atoms with van der Waals surface area (Å²) in [6, 6.07) is 2.19. The van der Waals surface area contributed by atoms with Crippen LogP contribution < -0.4 is 10.2 Å². The van der Waals surface area contributed by atoms with Crippen molar-refractivity contribution in [1.82, 2.24) is 10.3 Å². The van der Waals surface area contributed by atoms with E-state index in [1.165, 1.54) is 29.8 Å². The molecular weight excluding hydrogens is 262 g/mol. The molecule has 1 saturated heterocycles. The summed E-state index contributed by atoms with van der Waals surface area (Å²) in [5.74, 6) is 1.89. The minimum atomic E-state index is 0.703. The number of aryl methyl sites for hydroxylation is 2. The summed E-state index contributed by atoms with van der Waals surface area (Å²) >= 11 is 0. The molecule has 1 aromatic rings. The first-order valence-electron chi connectivity index (χ1n) is 8.07. The van der Waals surface area contributed by atoms with Gasteiger partial charge < -0.3 is 15.0 Å². The van der Waals surface area contributed by atoms with E-state index in [1.54, 1.807) is 7.11 Å². The Labute approximate surface area is 128 Å². The Morgan fingerprint density at radius 2 is 2.05 bits per heavy atom. The van der Waals surface area contributed by atoms with E-state index in [9.17, 15) is 0 Å². The zero-order valence-corrected chi connectivity index (χ0v) is 13.9. The number of methoxy groups -OCH3 is 1. The molecule has 21 heavy (non-hydrogen) atoms. The van der Waals surface area contributed by atoms with Crippen LogP contribution in [0.15, 0.2) is 6.07 Å². The number of piperidine rings is 1. The van der Waals surface area contributed by atoms with Crippen LogP contribution in [0.4, 0.5) is 5.82 Å². The molecule has 4 heteroatoms. The fourth-order valence-corrected chi connectivity index (χ4v) is 3.12. The number of ether oxygens (including phenoxy) is 1. The van der Waals surface area contributed by atoms with Crippen molar-refractivity contribution in [2.45, 2.75) is 40.2 Å². The molecule has 0 atom stereocenters. The van der Waals surface area contributed by atoms with Gasteiger partial charge in [-0.1, -0.05) is 6.92 Å². The predicted octanol–water partition coefficient (Wildman–Crippen LogP) is 2.67. The number of hydrogen-bond acceptors (Lipinski definition) is 4. The topological polar surface area (TPSA) is 37.4 Å². The fourth-order valence-electron chi connectivity index (χ4n) is 3.12. The van der Waals surface area contributed by atoms with Crippen LogP contribution in [0.3, 0.4) is 0 Å². The van der Waals surface area contributed by atoms with Crippen molar-refractivity contribution in [1.29, 1.82) is 0 Å². The first kappa shape index (κ1) is 16.2. The van der Waals surface area contributed by atoms with Gasteiger partial charge in [0.15, 0.2) is 0 Å². The summed E-state index contributed by atoms with van der Waals surface area (Å²) in [7, 11) is 1.80. The minimum Gasteiger partial charge on any atom is -0.384 e. The number of pyridine rings is 1. The van der Waals surface area contributed by atoms with Crippen molar-refractivity contribution in [3.05, 3.63) is 22.9 Å². The van der Waals surface area contributed by atoms with Crippen LogP contribution in [-0.4, -0.2) is 38.3 Å². The van der Waals surface area contributed by atoms with Crippen molar-refractivity contribution in [2.75, 3.05) is 38.3 Å². The SMILES string of the molecule is CCNCc1c(C)cc(C)nc1N1CCC(COC)CC1. The lowest BCUT2D eigenvalue weighted by Crippen LogP contribution is -2.36. The van der Waals surface area contributed by atoms with Gasteiger partial charge in [-0.3, -0.25) is 0 Å². The molecule has 0 radical (unpaired) electrons. The van der Waals surface area contributed by atoms with E-state index in [1.807, 2.05) is 0 Å². The number of anilines is 1. The molecule has 0 aromatic carbocycles. The van der Waals surface area contributed by atoms with E-state index in [-0.39, 0.29) is 0 Å². The van der Waals surface area contributed by atoms with Crippen LogP contribution in [0.1, 0.15) is 36.6 Å². The van der Waals surface area contributed by atoms with E-state index in [2.05, 4.69) is 37.1 Å². The molecule has 1 fully saturated rings. The van der Waals surface area contributed by atoms with E-state index in [0.717, 1.165) is 38.5 Å². The molecule has 2 heterocycles. The highest BCUT2D eigenvalue weighted by Gasteiger charge is 2.22. The van der Waals surface area contributed by atoms with E-state index in [4.69, 9.17) is 9.72 Å². The molecular formula is C17H29N3O. The van der Waals surface area contributed by atoms with Crippen molar-refractivity contribution in [3.8, 4) is 0 Å². The van der Waals surface area contributed by atoms with Crippen molar-refractivity contribution >= 4 is 5.82 Å². The highest BCUT2D eigenvalue weighted by atomic mass is 16.5. The highest BCUT2D eigenvalue weighted by Crippen LogP contribution is 2.27. The molecule has 0 aliphatic carbocycles. The van der Waals surface area contributed by atoms with Gasteiger partial charge in [0.05, 0.1) is 0 Å². The molecule has 2 rings (SSSR count). The van der Waals surface area contributed by atoms with Gasteiger partial charge in [-0.25, -0.2) is 4.98 Å². The Bertz CT molecular complexity index is 454. The van der Waals surface area contributed by atoms with Gasteiger partial charge in [-0.15, -0.1) is 0 Å². The minimum absolute atomic E-state index is 0.703. The van der Waals surface area contributed by atoms with E-state index < -0.39 is 0 Å². The van der Waals surface area contributed by atoms with Gasteiger partial charge in [0.1, 0.15) is 5.82 Å². The van der Waals surface area contributed by atoms with E-state index in [0.29, 0.717) is 5.92 Å². The van der Waals surface area contributed by atoms with Gasteiger partial charge in [0.2, 0.25) is 0 Å². The third-order valence-electron chi connectivity index (χ3n) is 4.32. The Morgan fingerprint density at radius 3 is 2.67 bits per heavy atom. The average Bonchev–Trinajstić information content (AvgIpc) is 2.47. The molecule has 1 N–H and O–H groups in total. The molecule has 118 valence electrons. The maximum Gasteiger partial charge on any atom is 0.133 e. The molecule has 4 nitrogen and oxygen atoms in total. The van der Waals surface area contributed by atoms with Gasteiger partial charge in [0, 0.05) is 44.6 Å². The van der Waals surface area contributed by atoms with Crippen LogP contribution in [0, 0.1) is 19.8 Å². The van der Waals surface area contributed by atoms with Gasteiger partial charge in [-0.05, 0) is 50.8 Å². The zero-order chi connectivity index (χ0) is 15.2. The zero-order valence-electron chi connectivity index (χ0n) is 13.9. The predicted molar refractivity (Wildman–Crippen MR) is 87.9 cm³/mol. The monoisotopic (exact) mass is 291 g/mol. The summed E-state index contributed by atoms with van der Waals surface area (Å²) in [6.45, 7) is 11.4. The molecule has 1 aromatic heterocycles. The molecule has 0 unspecified atom stereocenters. The summed E-state index contributed by atoms with van der Waals surface area (Å²) in [5.41, 5.74) is 3.81. The lowest BCUT2D eigenvalue weighted by Gasteiger charge is -2.34. The smallest absolute Gasteiger partial charge is 0.133 e. The van der Waals surface area contributed by atoms with Crippen molar-refractivity contribution in [2.24, 2.45) is 5.92 Å². The van der Waals surface area contributed by atoms with Gasteiger partial charge in [-0.2, -0.15) is 0 Å². The van der Waals surface area contributed by atoms with E-state index >= 15 is 0 Å². The number of aromatic nitrogens is 1. The number of nitrogens with one attached hydrogen (secondary N) is 1. The maximum atomic E-state index is 5.29. The van der Waals surface area contributed by atoms with Crippen molar-refractivity contribution in [3.63, 3.8) is 0 Å². The summed E-state index contributed by atoms with van der Waals surface area (Å²) < 4.78 is 5.29. The number of nitrogens with zero attached hydrogens (tertiary/aromatic N) is 2. The first-order valence-corrected chi connectivity index (χ1v) is 8.07. The second kappa shape index (κ2) is 7.76. The Hall–Kier alpha value is -1.13. The average molecular weight is 291 g/mol. The maximum absolute atomic E-state index is 5.29. The third-order valence-corrected chi connectivity index (χ3v) is 4.32. The van der Waals surface area contributed by atoms with Crippen LogP contribution >= 0.6 is 0 Å². The molecule has 1 aliphatic rings. The second-order valence-corrected chi connectivity index (χ2v) is 6.05. The van der Waals surface area contributed by atoms with Crippen LogP contribution in [0.25, 0.3) is 0 Å². The van der Waals surface area contributed by atoms with Gasteiger partial charge in [0.25, 0.3) is 0 Å². The molecule has 1 aliphatic heterocycles. The summed E-state index contributed by atoms with van der Waals surface area (Å²) in [5, 5.41) is 3.45. The summed E-state index contributed by atoms with van der Waals surface area (Å²) in [4.78, 5) is 7.29. The fraction of sp³-hybridized carbons (Fsp3) is 0.706. The highest BCUT2D eigenvalue weighted by molar-refractivity contribution is 5.52. The molecule has 0 bridgehead atoms. The third kappa shape index (κ3) is 4.17. The van der Waals surface area contributed by atoms with Crippen LogP contribution in [0.5, 0.6) is 0 Å². The number of rotatable bonds is 6. The molecule has 0 spiro atoms. The first-order chi connectivity index (χ1) is 10.2. The Balaban J connectivity index is 2.15. The second-order valence-electron chi connectivity index (χ2n) is 6.05. The van der Waals surface area contributed by atoms with Gasteiger partial charge >= 0.3 is 0 Å². The molecule has 0 saturated carbocycles. The Kier molecular flexibility index (Phi) is 6.00. The largest absolute Gasteiger partial charge is 0.384 e. The summed E-state index contributed by atoms with van der Waals surface area (Å²) in [6.07, 6.45) is 2.40. The molecule has 0 amide bonds. The lowest BCUT2D eigenvalue weighted by atomic mass is 9.97. The standard InChI is InChI=1S/C17H29N3O/c1-5-18-11-16-13(2)10-14(3)19-17(16)20-8-6-15(7-9-20)12-21-4/h10,15,18H,5-9,11-12H2,1-4H3. The Morgan fingerprint density at radius 1 is 1.33 bits per heavy atom. The normalized spacial score (nSPS) is 16.5. The van der Waals surface area contributed by atoms with Crippen LogP contribution in [0.2, 0.25) is 0 Å². The quantitative estimate of drug-likeness (QED) is 0.874. The lowest BCUT2D eigenvalue weighted by molar-refractivity contribution is 0.139.